The van der Waals surface area contributed by atoms with Crippen molar-refractivity contribution in [2.24, 2.45) is 10.2 Å². The minimum absolute atomic E-state index is 0.686. The molecule has 0 unspecified atom stereocenters. The van der Waals surface area contributed by atoms with E-state index in [2.05, 4.69) is 10.2 Å². The van der Waals surface area contributed by atoms with Crippen LogP contribution in [0.4, 0.5) is 11.4 Å². The monoisotopic (exact) mass is 242 g/mol. The molecule has 0 aliphatic carbocycles. The Morgan fingerprint density at radius 2 is 1.06 bits per heavy atom. The Bertz CT molecular complexity index is 503. The molecule has 0 aromatic heterocycles. The highest BCUT2D eigenvalue weighted by Gasteiger charge is 2.02. The molecule has 0 bridgehead atoms. The molecular formula is C14H14N2O2. The summed E-state index contributed by atoms with van der Waals surface area (Å²) in [6.45, 7) is 0. The number of rotatable bonds is 4. The van der Waals surface area contributed by atoms with Crippen LogP contribution in [0.15, 0.2) is 58.8 Å². The molecule has 18 heavy (non-hydrogen) atoms. The van der Waals surface area contributed by atoms with E-state index in [1.807, 2.05) is 48.5 Å². The minimum Gasteiger partial charge on any atom is -0.494 e. The van der Waals surface area contributed by atoms with Crippen LogP contribution in [0.5, 0.6) is 11.5 Å². The predicted octanol–water partition coefficient (Wildman–Crippen LogP) is 4.12. The van der Waals surface area contributed by atoms with Crippen molar-refractivity contribution in [3.8, 4) is 11.5 Å². The Labute approximate surface area is 106 Å². The van der Waals surface area contributed by atoms with Crippen LogP contribution in [0.1, 0.15) is 0 Å². The first-order chi connectivity index (χ1) is 8.85. The third-order valence-corrected chi connectivity index (χ3v) is 2.44. The molecule has 0 heterocycles. The molecule has 0 amide bonds. The zero-order valence-corrected chi connectivity index (χ0v) is 10.3. The van der Waals surface area contributed by atoms with Crippen LogP contribution in [-0.4, -0.2) is 14.2 Å². The van der Waals surface area contributed by atoms with E-state index in [1.165, 1.54) is 0 Å². The van der Waals surface area contributed by atoms with E-state index in [-0.39, 0.29) is 0 Å². The lowest BCUT2D eigenvalue weighted by molar-refractivity contribution is 0.414. The molecule has 0 saturated heterocycles. The first-order valence-corrected chi connectivity index (χ1v) is 5.53. The van der Waals surface area contributed by atoms with E-state index >= 15 is 0 Å². The van der Waals surface area contributed by atoms with Crippen LogP contribution in [0, 0.1) is 0 Å². The van der Waals surface area contributed by atoms with E-state index in [1.54, 1.807) is 14.2 Å². The van der Waals surface area contributed by atoms with Gasteiger partial charge in [-0.05, 0) is 24.3 Å². The van der Waals surface area contributed by atoms with Gasteiger partial charge in [0.25, 0.3) is 0 Å². The summed E-state index contributed by atoms with van der Waals surface area (Å²) in [5, 5.41) is 8.35. The largest absolute Gasteiger partial charge is 0.494 e. The lowest BCUT2D eigenvalue weighted by atomic mass is 10.3. The molecule has 2 aromatic carbocycles. The fourth-order valence-corrected chi connectivity index (χ4v) is 1.53. The van der Waals surface area contributed by atoms with Gasteiger partial charge in [-0.15, -0.1) is 10.2 Å². The van der Waals surface area contributed by atoms with E-state index < -0.39 is 0 Å². The quantitative estimate of drug-likeness (QED) is 0.757. The van der Waals surface area contributed by atoms with Crippen LogP contribution in [0.2, 0.25) is 0 Å². The zero-order valence-electron chi connectivity index (χ0n) is 10.3. The average molecular weight is 242 g/mol. The standard InChI is InChI=1S/C14H14N2O2/c1-17-13-9-5-3-7-11(13)15-16-12-8-4-6-10-14(12)18-2/h3-10H,1-2H3. The highest BCUT2D eigenvalue weighted by atomic mass is 16.5. The molecular weight excluding hydrogens is 228 g/mol. The lowest BCUT2D eigenvalue weighted by Crippen LogP contribution is -1.83. The Kier molecular flexibility index (Phi) is 3.91. The average Bonchev–Trinajstić information content (AvgIpc) is 2.45. The van der Waals surface area contributed by atoms with Crippen LogP contribution in [0.3, 0.4) is 0 Å². The summed E-state index contributed by atoms with van der Waals surface area (Å²) in [6.07, 6.45) is 0. The van der Waals surface area contributed by atoms with Gasteiger partial charge >= 0.3 is 0 Å². The zero-order chi connectivity index (χ0) is 12.8. The van der Waals surface area contributed by atoms with Gasteiger partial charge in [0.1, 0.15) is 22.9 Å². The third-order valence-electron chi connectivity index (χ3n) is 2.44. The molecule has 0 spiro atoms. The van der Waals surface area contributed by atoms with Gasteiger partial charge in [-0.1, -0.05) is 24.3 Å². The summed E-state index contributed by atoms with van der Waals surface area (Å²) in [4.78, 5) is 0. The van der Waals surface area contributed by atoms with Gasteiger partial charge in [-0.2, -0.15) is 0 Å². The molecule has 0 N–H and O–H groups in total. The van der Waals surface area contributed by atoms with E-state index in [0.717, 1.165) is 0 Å². The van der Waals surface area contributed by atoms with E-state index in [9.17, 15) is 0 Å². The molecule has 4 heteroatoms. The molecule has 2 rings (SSSR count). The second kappa shape index (κ2) is 5.82. The second-order valence-electron chi connectivity index (χ2n) is 3.54. The maximum atomic E-state index is 5.21. The fraction of sp³-hybridized carbons (Fsp3) is 0.143. The molecule has 4 nitrogen and oxygen atoms in total. The van der Waals surface area contributed by atoms with E-state index in [0.29, 0.717) is 22.9 Å². The molecule has 0 aliphatic rings. The molecule has 92 valence electrons. The van der Waals surface area contributed by atoms with Crippen molar-refractivity contribution < 1.29 is 9.47 Å². The van der Waals surface area contributed by atoms with Crippen LogP contribution < -0.4 is 9.47 Å². The second-order valence-corrected chi connectivity index (χ2v) is 3.54. The SMILES string of the molecule is COc1ccccc1N=Nc1ccccc1OC. The predicted molar refractivity (Wildman–Crippen MR) is 70.2 cm³/mol. The third kappa shape index (κ3) is 2.66. The number of methoxy groups -OCH3 is 2. The van der Waals surface area contributed by atoms with Crippen molar-refractivity contribution >= 4 is 11.4 Å². The summed E-state index contributed by atoms with van der Waals surface area (Å²) < 4.78 is 10.4. The molecule has 0 saturated carbocycles. The van der Waals surface area contributed by atoms with Crippen LogP contribution in [-0.2, 0) is 0 Å². The van der Waals surface area contributed by atoms with Gasteiger partial charge in [0.15, 0.2) is 0 Å². The first-order valence-electron chi connectivity index (χ1n) is 5.53. The molecule has 0 radical (unpaired) electrons. The summed E-state index contributed by atoms with van der Waals surface area (Å²) >= 11 is 0. The summed E-state index contributed by atoms with van der Waals surface area (Å²) in [5.74, 6) is 1.38. The number of hydrogen-bond donors (Lipinski definition) is 0. The van der Waals surface area contributed by atoms with Gasteiger partial charge in [0.2, 0.25) is 0 Å². The fourth-order valence-electron chi connectivity index (χ4n) is 1.53. The van der Waals surface area contributed by atoms with E-state index in [4.69, 9.17) is 9.47 Å². The minimum atomic E-state index is 0.686. The lowest BCUT2D eigenvalue weighted by Gasteiger charge is -2.03. The van der Waals surface area contributed by atoms with Gasteiger partial charge in [-0.3, -0.25) is 0 Å². The summed E-state index contributed by atoms with van der Waals surface area (Å²) in [5.41, 5.74) is 1.37. The Balaban J connectivity index is 2.30. The Morgan fingerprint density at radius 3 is 1.44 bits per heavy atom. The smallest absolute Gasteiger partial charge is 0.146 e. The molecule has 2 aromatic rings. The summed E-state index contributed by atoms with van der Waals surface area (Å²) in [6, 6.07) is 14.9. The number of para-hydroxylation sites is 2. The molecule has 0 atom stereocenters. The van der Waals surface area contributed by atoms with Gasteiger partial charge in [0.05, 0.1) is 14.2 Å². The van der Waals surface area contributed by atoms with Gasteiger partial charge < -0.3 is 9.47 Å². The van der Waals surface area contributed by atoms with Gasteiger partial charge in [0, 0.05) is 0 Å². The molecule has 0 fully saturated rings. The molecule has 0 aliphatic heterocycles. The summed E-state index contributed by atoms with van der Waals surface area (Å²) in [7, 11) is 3.22. The number of azo groups is 1. The van der Waals surface area contributed by atoms with Crippen molar-refractivity contribution in [1.82, 2.24) is 0 Å². The van der Waals surface area contributed by atoms with Crippen molar-refractivity contribution in [3.63, 3.8) is 0 Å². The van der Waals surface area contributed by atoms with Crippen LogP contribution >= 0.6 is 0 Å². The van der Waals surface area contributed by atoms with Crippen molar-refractivity contribution in [2.75, 3.05) is 14.2 Å². The number of ether oxygens (including phenoxy) is 2. The topological polar surface area (TPSA) is 43.2 Å². The maximum absolute atomic E-state index is 5.21. The Morgan fingerprint density at radius 1 is 0.667 bits per heavy atom. The Hall–Kier alpha value is -2.36. The number of benzene rings is 2. The van der Waals surface area contributed by atoms with Crippen LogP contribution in [0.25, 0.3) is 0 Å². The first kappa shape index (κ1) is 12.1. The highest BCUT2D eigenvalue weighted by molar-refractivity contribution is 5.54. The van der Waals surface area contributed by atoms with Crippen molar-refractivity contribution in [1.29, 1.82) is 0 Å². The maximum Gasteiger partial charge on any atom is 0.146 e. The normalized spacial score (nSPS) is 10.6. The number of hydrogen-bond acceptors (Lipinski definition) is 4. The van der Waals surface area contributed by atoms with Gasteiger partial charge in [-0.25, -0.2) is 0 Å². The highest BCUT2D eigenvalue weighted by Crippen LogP contribution is 2.31. The number of nitrogens with zero attached hydrogens (tertiary/aromatic N) is 2. The van der Waals surface area contributed by atoms with Crippen molar-refractivity contribution in [2.45, 2.75) is 0 Å². The van der Waals surface area contributed by atoms with Crippen molar-refractivity contribution in [3.05, 3.63) is 48.5 Å².